The maximum atomic E-state index is 12.1. The molecule has 0 atom stereocenters. The van der Waals surface area contributed by atoms with Crippen LogP contribution in [0, 0.1) is 6.92 Å². The molecule has 1 aliphatic rings. The number of thiophene rings is 1. The van der Waals surface area contributed by atoms with Gasteiger partial charge in [-0.2, -0.15) is 0 Å². The summed E-state index contributed by atoms with van der Waals surface area (Å²) < 4.78 is 11.1. The fraction of sp³-hybridized carbons (Fsp3) is 0.350. The molecule has 0 amide bonds. The van der Waals surface area contributed by atoms with Crippen LogP contribution in [0.3, 0.4) is 0 Å². The first-order valence-electron chi connectivity index (χ1n) is 8.52. The first-order chi connectivity index (χ1) is 12.2. The molecule has 2 aromatic rings. The Bertz CT molecular complexity index is 715. The maximum Gasteiger partial charge on any atom is 0.195 e. The van der Waals surface area contributed by atoms with E-state index < -0.39 is 0 Å². The molecule has 25 heavy (non-hydrogen) atoms. The van der Waals surface area contributed by atoms with Crippen LogP contribution in [0.25, 0.3) is 6.08 Å². The van der Waals surface area contributed by atoms with Gasteiger partial charge in [-0.15, -0.1) is 11.3 Å². The lowest BCUT2D eigenvalue weighted by Crippen LogP contribution is -2.38. The molecule has 0 aliphatic carbocycles. The molecule has 1 aliphatic heterocycles. The fourth-order valence-corrected chi connectivity index (χ4v) is 3.40. The Morgan fingerprint density at radius 2 is 1.96 bits per heavy atom. The zero-order valence-electron chi connectivity index (χ0n) is 14.4. The predicted octanol–water partition coefficient (Wildman–Crippen LogP) is 3.66. The van der Waals surface area contributed by atoms with Gasteiger partial charge in [-0.3, -0.25) is 9.69 Å². The fourth-order valence-electron chi connectivity index (χ4n) is 2.61. The standard InChI is InChI=1S/C20H23NO3S/c1-16-2-9-20(25-16)19(22)8-5-17-3-6-18(7-4-17)24-15-12-21-10-13-23-14-11-21/h2-9H,10-15H2,1H3/b8-5+. The van der Waals surface area contributed by atoms with Crippen LogP contribution in [0.2, 0.25) is 0 Å². The van der Waals surface area contributed by atoms with Crippen LogP contribution in [0.4, 0.5) is 0 Å². The van der Waals surface area contributed by atoms with Crippen molar-refractivity contribution >= 4 is 23.2 Å². The van der Waals surface area contributed by atoms with E-state index in [2.05, 4.69) is 4.90 Å². The molecular formula is C20H23NO3S. The van der Waals surface area contributed by atoms with E-state index in [9.17, 15) is 4.79 Å². The summed E-state index contributed by atoms with van der Waals surface area (Å²) in [5, 5.41) is 0. The van der Waals surface area contributed by atoms with E-state index >= 15 is 0 Å². The summed E-state index contributed by atoms with van der Waals surface area (Å²) in [5.41, 5.74) is 0.988. The minimum Gasteiger partial charge on any atom is -0.492 e. The van der Waals surface area contributed by atoms with Gasteiger partial charge in [-0.05, 0) is 42.8 Å². The number of morpholine rings is 1. The molecule has 1 aromatic heterocycles. The lowest BCUT2D eigenvalue weighted by molar-refractivity contribution is 0.0322. The SMILES string of the molecule is Cc1ccc(C(=O)/C=C/c2ccc(OCCN3CCOCC3)cc2)s1. The molecular weight excluding hydrogens is 334 g/mol. The van der Waals surface area contributed by atoms with Gasteiger partial charge in [0, 0.05) is 24.5 Å². The smallest absolute Gasteiger partial charge is 0.195 e. The summed E-state index contributed by atoms with van der Waals surface area (Å²) in [6.45, 7) is 7.17. The van der Waals surface area contributed by atoms with Crippen molar-refractivity contribution in [2.45, 2.75) is 6.92 Å². The third kappa shape index (κ3) is 5.53. The molecule has 2 heterocycles. The minimum atomic E-state index is 0.0453. The van der Waals surface area contributed by atoms with E-state index in [1.165, 1.54) is 11.3 Å². The average Bonchev–Trinajstić information content (AvgIpc) is 3.08. The number of allylic oxidation sites excluding steroid dienone is 1. The highest BCUT2D eigenvalue weighted by atomic mass is 32.1. The van der Waals surface area contributed by atoms with Crippen molar-refractivity contribution in [3.05, 3.63) is 57.8 Å². The predicted molar refractivity (Wildman–Crippen MR) is 102 cm³/mol. The van der Waals surface area contributed by atoms with Crippen LogP contribution in [-0.4, -0.2) is 50.1 Å². The van der Waals surface area contributed by atoms with Crippen LogP contribution in [0.1, 0.15) is 20.1 Å². The van der Waals surface area contributed by atoms with Gasteiger partial charge in [-0.25, -0.2) is 0 Å². The molecule has 4 nitrogen and oxygen atoms in total. The Hall–Kier alpha value is -1.95. The molecule has 1 aromatic carbocycles. The Morgan fingerprint density at radius 3 is 2.64 bits per heavy atom. The number of nitrogens with zero attached hydrogens (tertiary/aromatic N) is 1. The van der Waals surface area contributed by atoms with Gasteiger partial charge in [0.25, 0.3) is 0 Å². The largest absolute Gasteiger partial charge is 0.492 e. The van der Waals surface area contributed by atoms with Gasteiger partial charge < -0.3 is 9.47 Å². The van der Waals surface area contributed by atoms with E-state index in [0.717, 1.165) is 53.9 Å². The van der Waals surface area contributed by atoms with Crippen molar-refractivity contribution < 1.29 is 14.3 Å². The van der Waals surface area contributed by atoms with Crippen LogP contribution in [-0.2, 0) is 4.74 Å². The zero-order valence-corrected chi connectivity index (χ0v) is 15.3. The molecule has 0 N–H and O–H groups in total. The average molecular weight is 357 g/mol. The summed E-state index contributed by atoms with van der Waals surface area (Å²) in [4.78, 5) is 16.3. The van der Waals surface area contributed by atoms with Gasteiger partial charge in [0.2, 0.25) is 0 Å². The topological polar surface area (TPSA) is 38.8 Å². The monoisotopic (exact) mass is 357 g/mol. The number of aryl methyl sites for hydroxylation is 1. The second-order valence-corrected chi connectivity index (χ2v) is 7.27. The molecule has 132 valence electrons. The summed E-state index contributed by atoms with van der Waals surface area (Å²) >= 11 is 1.52. The van der Waals surface area contributed by atoms with Crippen molar-refractivity contribution in [1.29, 1.82) is 0 Å². The third-order valence-corrected chi connectivity index (χ3v) is 5.09. The number of hydrogen-bond donors (Lipinski definition) is 0. The Balaban J connectivity index is 1.46. The van der Waals surface area contributed by atoms with Gasteiger partial charge in [0.1, 0.15) is 12.4 Å². The van der Waals surface area contributed by atoms with E-state index in [1.54, 1.807) is 6.08 Å². The van der Waals surface area contributed by atoms with Crippen LogP contribution in [0.15, 0.2) is 42.5 Å². The van der Waals surface area contributed by atoms with Crippen LogP contribution < -0.4 is 4.74 Å². The van der Waals surface area contributed by atoms with Crippen LogP contribution >= 0.6 is 11.3 Å². The highest BCUT2D eigenvalue weighted by molar-refractivity contribution is 7.14. The quantitative estimate of drug-likeness (QED) is 0.560. The molecule has 0 bridgehead atoms. The number of rotatable bonds is 7. The number of carbonyl (C=O) groups excluding carboxylic acids is 1. The van der Waals surface area contributed by atoms with Crippen molar-refractivity contribution in [3.8, 4) is 5.75 Å². The van der Waals surface area contributed by atoms with E-state index in [1.807, 2.05) is 49.4 Å². The van der Waals surface area contributed by atoms with Crippen molar-refractivity contribution in [3.63, 3.8) is 0 Å². The molecule has 0 spiro atoms. The van der Waals surface area contributed by atoms with Gasteiger partial charge >= 0.3 is 0 Å². The number of ketones is 1. The lowest BCUT2D eigenvalue weighted by Gasteiger charge is -2.26. The van der Waals surface area contributed by atoms with Crippen molar-refractivity contribution in [2.24, 2.45) is 0 Å². The van der Waals surface area contributed by atoms with Gasteiger partial charge in [0.05, 0.1) is 18.1 Å². The number of carbonyl (C=O) groups is 1. The number of hydrogen-bond acceptors (Lipinski definition) is 5. The summed E-state index contributed by atoms with van der Waals surface area (Å²) in [6, 6.07) is 11.7. The zero-order chi connectivity index (χ0) is 17.5. The van der Waals surface area contributed by atoms with Crippen molar-refractivity contribution in [1.82, 2.24) is 4.90 Å². The summed E-state index contributed by atoms with van der Waals surface area (Å²) in [5.74, 6) is 0.898. The minimum absolute atomic E-state index is 0.0453. The summed E-state index contributed by atoms with van der Waals surface area (Å²) in [6.07, 6.45) is 3.47. The highest BCUT2D eigenvalue weighted by Gasteiger charge is 2.09. The molecule has 0 radical (unpaired) electrons. The molecule has 0 saturated carbocycles. The summed E-state index contributed by atoms with van der Waals surface area (Å²) in [7, 11) is 0. The molecule has 3 rings (SSSR count). The first kappa shape index (κ1) is 17.9. The maximum absolute atomic E-state index is 12.1. The second kappa shape index (κ2) is 8.94. The number of benzene rings is 1. The number of ether oxygens (including phenoxy) is 2. The van der Waals surface area contributed by atoms with Crippen molar-refractivity contribution in [2.75, 3.05) is 39.5 Å². The highest BCUT2D eigenvalue weighted by Crippen LogP contribution is 2.17. The van der Waals surface area contributed by atoms with Crippen LogP contribution in [0.5, 0.6) is 5.75 Å². The third-order valence-electron chi connectivity index (χ3n) is 4.07. The van der Waals surface area contributed by atoms with Gasteiger partial charge in [0.15, 0.2) is 5.78 Å². The normalized spacial score (nSPS) is 15.6. The Kier molecular flexibility index (Phi) is 6.39. The van der Waals surface area contributed by atoms with Gasteiger partial charge in [-0.1, -0.05) is 18.2 Å². The molecule has 1 fully saturated rings. The van der Waals surface area contributed by atoms with E-state index in [0.29, 0.717) is 6.61 Å². The molecule has 1 saturated heterocycles. The Labute approximate surface area is 152 Å². The lowest BCUT2D eigenvalue weighted by atomic mass is 10.2. The Morgan fingerprint density at radius 1 is 1.20 bits per heavy atom. The molecule has 5 heteroatoms. The van der Waals surface area contributed by atoms with E-state index in [4.69, 9.17) is 9.47 Å². The molecule has 0 unspecified atom stereocenters. The second-order valence-electron chi connectivity index (χ2n) is 5.98. The first-order valence-corrected chi connectivity index (χ1v) is 9.34. The van der Waals surface area contributed by atoms with E-state index in [-0.39, 0.29) is 5.78 Å².